The van der Waals surface area contributed by atoms with Crippen LogP contribution in [0.1, 0.15) is 12.8 Å². The van der Waals surface area contributed by atoms with Gasteiger partial charge < -0.3 is 10.5 Å². The summed E-state index contributed by atoms with van der Waals surface area (Å²) in [5.41, 5.74) is 6.91. The van der Waals surface area contributed by atoms with Gasteiger partial charge in [0.2, 0.25) is 5.95 Å². The highest BCUT2D eigenvalue weighted by Gasteiger charge is 2.42. The summed E-state index contributed by atoms with van der Waals surface area (Å²) >= 11 is 0. The Kier molecular flexibility index (Phi) is 3.36. The van der Waals surface area contributed by atoms with Crippen molar-refractivity contribution in [3.8, 4) is 16.9 Å². The molecule has 0 radical (unpaired) electrons. The van der Waals surface area contributed by atoms with Crippen LogP contribution in [-0.2, 0) is 0 Å². The van der Waals surface area contributed by atoms with Crippen LogP contribution >= 0.6 is 0 Å². The Hall–Kier alpha value is -2.01. The molecule has 104 valence electrons. The van der Waals surface area contributed by atoms with E-state index in [1.54, 1.807) is 30.6 Å². The van der Waals surface area contributed by atoms with Crippen LogP contribution in [0.15, 0.2) is 36.8 Å². The van der Waals surface area contributed by atoms with Crippen molar-refractivity contribution in [2.45, 2.75) is 12.8 Å². The molecule has 0 amide bonds. The van der Waals surface area contributed by atoms with Crippen LogP contribution in [0, 0.1) is 11.4 Å². The second kappa shape index (κ2) is 5.17. The number of ether oxygens (including phenoxy) is 1. The van der Waals surface area contributed by atoms with Gasteiger partial charge in [0.25, 0.3) is 0 Å². The standard InChI is InChI=1S/C15H16FN3O/c16-14-13(11-2-1-5-18-7-11)6-12(8-19-14)20-10-15(9-17)3-4-15/h1-2,5-8H,3-4,9-10,17H2. The molecule has 20 heavy (non-hydrogen) atoms. The zero-order valence-electron chi connectivity index (χ0n) is 11.1. The van der Waals surface area contributed by atoms with Crippen LogP contribution in [0.5, 0.6) is 5.75 Å². The smallest absolute Gasteiger partial charge is 0.221 e. The summed E-state index contributed by atoms with van der Waals surface area (Å²) in [6.07, 6.45) is 6.84. The lowest BCUT2D eigenvalue weighted by Crippen LogP contribution is -2.22. The van der Waals surface area contributed by atoms with E-state index in [1.165, 1.54) is 6.20 Å². The van der Waals surface area contributed by atoms with Crippen molar-refractivity contribution in [2.75, 3.05) is 13.2 Å². The van der Waals surface area contributed by atoms with E-state index in [9.17, 15) is 4.39 Å². The molecule has 3 rings (SSSR count). The second-order valence-corrected chi connectivity index (χ2v) is 5.24. The highest BCUT2D eigenvalue weighted by Crippen LogP contribution is 2.44. The van der Waals surface area contributed by atoms with Gasteiger partial charge in [0, 0.05) is 35.5 Å². The van der Waals surface area contributed by atoms with Gasteiger partial charge in [-0.25, -0.2) is 4.98 Å². The van der Waals surface area contributed by atoms with Crippen molar-refractivity contribution in [3.05, 3.63) is 42.7 Å². The SMILES string of the molecule is NCC1(COc2cnc(F)c(-c3cccnc3)c2)CC1. The third-order valence-corrected chi connectivity index (χ3v) is 3.72. The van der Waals surface area contributed by atoms with Crippen LogP contribution < -0.4 is 10.5 Å². The Labute approximate surface area is 116 Å². The summed E-state index contributed by atoms with van der Waals surface area (Å²) in [5.74, 6) is 0.0373. The van der Waals surface area contributed by atoms with E-state index in [0.29, 0.717) is 30.0 Å². The summed E-state index contributed by atoms with van der Waals surface area (Å²) < 4.78 is 19.5. The molecule has 2 aromatic rings. The quantitative estimate of drug-likeness (QED) is 0.850. The number of nitrogens with zero attached hydrogens (tertiary/aromatic N) is 2. The van der Waals surface area contributed by atoms with E-state index in [-0.39, 0.29) is 5.41 Å². The van der Waals surface area contributed by atoms with Crippen molar-refractivity contribution < 1.29 is 9.13 Å². The average Bonchev–Trinajstić information content (AvgIpc) is 3.28. The minimum atomic E-state index is -0.523. The molecule has 0 unspecified atom stereocenters. The molecule has 2 aromatic heterocycles. The molecule has 5 heteroatoms. The number of pyridine rings is 2. The van der Waals surface area contributed by atoms with E-state index in [1.807, 2.05) is 0 Å². The Morgan fingerprint density at radius 1 is 1.35 bits per heavy atom. The van der Waals surface area contributed by atoms with Gasteiger partial charge in [0.05, 0.1) is 12.8 Å². The molecule has 1 fully saturated rings. The molecule has 0 aromatic carbocycles. The second-order valence-electron chi connectivity index (χ2n) is 5.24. The van der Waals surface area contributed by atoms with E-state index < -0.39 is 5.95 Å². The highest BCUT2D eigenvalue weighted by atomic mass is 19.1. The third-order valence-electron chi connectivity index (χ3n) is 3.72. The zero-order valence-corrected chi connectivity index (χ0v) is 11.1. The van der Waals surface area contributed by atoms with Gasteiger partial charge in [-0.3, -0.25) is 4.98 Å². The fourth-order valence-electron chi connectivity index (χ4n) is 2.05. The maximum absolute atomic E-state index is 13.8. The highest BCUT2D eigenvalue weighted by molar-refractivity contribution is 5.63. The summed E-state index contributed by atoms with van der Waals surface area (Å²) in [6.45, 7) is 1.18. The first-order valence-corrected chi connectivity index (χ1v) is 6.61. The molecule has 1 saturated carbocycles. The molecule has 0 aliphatic heterocycles. The van der Waals surface area contributed by atoms with Crippen LogP contribution in [0.4, 0.5) is 4.39 Å². The zero-order chi connectivity index (χ0) is 14.0. The predicted molar refractivity (Wildman–Crippen MR) is 73.6 cm³/mol. The molecule has 0 atom stereocenters. The number of hydrogen-bond donors (Lipinski definition) is 1. The first-order valence-electron chi connectivity index (χ1n) is 6.61. The average molecular weight is 273 g/mol. The maximum atomic E-state index is 13.8. The summed E-state index contributed by atoms with van der Waals surface area (Å²) in [4.78, 5) is 7.74. The van der Waals surface area contributed by atoms with E-state index in [0.717, 1.165) is 12.8 Å². The Bertz CT molecular complexity index is 599. The van der Waals surface area contributed by atoms with Crippen molar-refractivity contribution in [1.29, 1.82) is 0 Å². The molecule has 0 saturated heterocycles. The number of halogens is 1. The summed E-state index contributed by atoms with van der Waals surface area (Å²) in [6, 6.07) is 5.21. The van der Waals surface area contributed by atoms with E-state index in [4.69, 9.17) is 10.5 Å². The van der Waals surface area contributed by atoms with Gasteiger partial charge in [0.1, 0.15) is 5.75 Å². The molecule has 4 nitrogen and oxygen atoms in total. The molecule has 1 aliphatic rings. The molecule has 2 heterocycles. The normalized spacial score (nSPS) is 15.9. The van der Waals surface area contributed by atoms with Crippen molar-refractivity contribution in [1.82, 2.24) is 9.97 Å². The Balaban J connectivity index is 1.80. The lowest BCUT2D eigenvalue weighted by Gasteiger charge is -2.14. The Morgan fingerprint density at radius 3 is 2.85 bits per heavy atom. The van der Waals surface area contributed by atoms with Gasteiger partial charge >= 0.3 is 0 Å². The topological polar surface area (TPSA) is 61.0 Å². The third kappa shape index (κ3) is 2.63. The Morgan fingerprint density at radius 2 is 2.20 bits per heavy atom. The van der Waals surface area contributed by atoms with Crippen LogP contribution in [0.2, 0.25) is 0 Å². The predicted octanol–water partition coefficient (Wildman–Crippen LogP) is 2.40. The van der Waals surface area contributed by atoms with Crippen LogP contribution in [0.25, 0.3) is 11.1 Å². The number of hydrogen-bond acceptors (Lipinski definition) is 4. The first kappa shape index (κ1) is 13.0. The lowest BCUT2D eigenvalue weighted by atomic mass is 10.1. The van der Waals surface area contributed by atoms with E-state index >= 15 is 0 Å². The molecule has 1 aliphatic carbocycles. The van der Waals surface area contributed by atoms with Crippen molar-refractivity contribution in [3.63, 3.8) is 0 Å². The van der Waals surface area contributed by atoms with Gasteiger partial charge in [-0.05, 0) is 25.0 Å². The molecule has 0 spiro atoms. The van der Waals surface area contributed by atoms with Crippen molar-refractivity contribution in [2.24, 2.45) is 11.1 Å². The molecule has 2 N–H and O–H groups in total. The monoisotopic (exact) mass is 273 g/mol. The minimum Gasteiger partial charge on any atom is -0.491 e. The van der Waals surface area contributed by atoms with E-state index in [2.05, 4.69) is 9.97 Å². The number of aromatic nitrogens is 2. The molecular weight excluding hydrogens is 257 g/mol. The molecular formula is C15H16FN3O. The van der Waals surface area contributed by atoms with Crippen molar-refractivity contribution >= 4 is 0 Å². The minimum absolute atomic E-state index is 0.114. The fraction of sp³-hybridized carbons (Fsp3) is 0.333. The lowest BCUT2D eigenvalue weighted by molar-refractivity contribution is 0.237. The first-order chi connectivity index (χ1) is 9.72. The van der Waals surface area contributed by atoms with Crippen LogP contribution in [0.3, 0.4) is 0 Å². The largest absolute Gasteiger partial charge is 0.491 e. The van der Waals surface area contributed by atoms with Gasteiger partial charge in [-0.2, -0.15) is 4.39 Å². The number of nitrogens with two attached hydrogens (primary N) is 1. The van der Waals surface area contributed by atoms with Crippen LogP contribution in [-0.4, -0.2) is 23.1 Å². The summed E-state index contributed by atoms with van der Waals surface area (Å²) in [7, 11) is 0. The maximum Gasteiger partial charge on any atom is 0.221 e. The number of rotatable bonds is 5. The van der Waals surface area contributed by atoms with Gasteiger partial charge in [-0.1, -0.05) is 6.07 Å². The summed E-state index contributed by atoms with van der Waals surface area (Å²) in [5, 5.41) is 0. The fourth-order valence-corrected chi connectivity index (χ4v) is 2.05. The van der Waals surface area contributed by atoms with Gasteiger partial charge in [0.15, 0.2) is 0 Å². The molecule has 0 bridgehead atoms. The van der Waals surface area contributed by atoms with Gasteiger partial charge in [-0.15, -0.1) is 0 Å².